The number of phenolic OH excluding ortho intramolecular Hbond substituents is 1. The van der Waals surface area contributed by atoms with E-state index in [0.717, 1.165) is 0 Å². The summed E-state index contributed by atoms with van der Waals surface area (Å²) >= 11 is 0. The Kier molecular flexibility index (Phi) is 3.58. The molecule has 108 valence electrons. The van der Waals surface area contributed by atoms with Gasteiger partial charge in [-0.1, -0.05) is 0 Å². The maximum absolute atomic E-state index is 10.2. The van der Waals surface area contributed by atoms with Crippen LogP contribution in [0, 0.1) is 0 Å². The summed E-state index contributed by atoms with van der Waals surface area (Å²) in [5.74, 6) is -0.912. The maximum Gasteiger partial charge on any atom is 0.335 e. The number of aromatic hydroxyl groups is 1. The van der Waals surface area contributed by atoms with Gasteiger partial charge in [0.25, 0.3) is 0 Å². The number of rotatable bonds is 1. The third-order valence-corrected chi connectivity index (χ3v) is 3.51. The molecule has 0 aliphatic carbocycles. The Bertz CT molecular complexity index is 434. The lowest BCUT2D eigenvalue weighted by Crippen LogP contribution is -2.71. The van der Waals surface area contributed by atoms with E-state index in [1.54, 1.807) is 0 Å². The fraction of sp³-hybridized carbons (Fsp3) is 0.462. The van der Waals surface area contributed by atoms with E-state index >= 15 is 0 Å². The molecule has 4 heterocycles. The summed E-state index contributed by atoms with van der Waals surface area (Å²) in [6.07, 6.45) is 0. The highest BCUT2D eigenvalue weighted by molar-refractivity contribution is 5.87. The lowest BCUT2D eigenvalue weighted by atomic mass is 10.2. The minimum Gasteiger partial charge on any atom is -0.508 e. The van der Waals surface area contributed by atoms with Crippen molar-refractivity contribution in [2.75, 3.05) is 40.0 Å². The van der Waals surface area contributed by atoms with E-state index in [9.17, 15) is 4.79 Å². The van der Waals surface area contributed by atoms with Gasteiger partial charge < -0.3 is 10.2 Å². The topological polar surface area (TPSA) is 70.5 Å². The van der Waals surface area contributed by atoms with Crippen LogP contribution in [0.4, 0.5) is 0 Å². The van der Waals surface area contributed by atoms with Gasteiger partial charge in [0, 0.05) is 0 Å². The van der Waals surface area contributed by atoms with Crippen molar-refractivity contribution in [2.45, 2.75) is 0 Å². The number of hydrogen-bond donors (Lipinski definition) is 2. The lowest BCUT2D eigenvalue weighted by molar-refractivity contribution is -0.194. The van der Waals surface area contributed by atoms with Crippen LogP contribution in [-0.4, -0.2) is 75.8 Å². The van der Waals surface area contributed by atoms with E-state index in [1.807, 2.05) is 0 Å². The van der Waals surface area contributed by atoms with E-state index in [1.165, 1.54) is 64.3 Å². The summed E-state index contributed by atoms with van der Waals surface area (Å²) in [4.78, 5) is 20.1. The van der Waals surface area contributed by atoms with Crippen LogP contribution >= 0.6 is 0 Å². The Balaban J connectivity index is 0.000000121. The highest BCUT2D eigenvalue weighted by Gasteiger charge is 2.36. The second-order valence-corrected chi connectivity index (χ2v) is 5.38. The van der Waals surface area contributed by atoms with Gasteiger partial charge in [0.1, 0.15) is 5.75 Å². The van der Waals surface area contributed by atoms with Gasteiger partial charge in [-0.05, 0) is 24.3 Å². The predicted octanol–water partition coefficient (Wildman–Crippen LogP) is 0.0706. The van der Waals surface area contributed by atoms with Crippen LogP contribution in [0.5, 0.6) is 5.75 Å². The van der Waals surface area contributed by atoms with Gasteiger partial charge in [-0.2, -0.15) is 0 Å². The third kappa shape index (κ3) is 2.91. The number of aromatic carboxylic acids is 1. The van der Waals surface area contributed by atoms with Crippen molar-refractivity contribution in [3.63, 3.8) is 0 Å². The smallest absolute Gasteiger partial charge is 0.335 e. The molecule has 4 aliphatic heterocycles. The number of benzene rings is 1. The molecule has 5 rings (SSSR count). The molecule has 4 saturated heterocycles. The van der Waals surface area contributed by atoms with Crippen molar-refractivity contribution in [1.82, 2.24) is 19.6 Å². The highest BCUT2D eigenvalue weighted by atomic mass is 16.4. The minimum absolute atomic E-state index is 0.0741. The van der Waals surface area contributed by atoms with Crippen LogP contribution < -0.4 is 0 Å². The number of hydrogen-bond acceptors (Lipinski definition) is 6. The van der Waals surface area contributed by atoms with Crippen LogP contribution in [0.3, 0.4) is 0 Å². The SMILES string of the molecule is C1N2CN3CN1CN(C2)C3.O=C(O)c1ccc(O)cc1. The second kappa shape index (κ2) is 5.37. The largest absolute Gasteiger partial charge is 0.508 e. The van der Waals surface area contributed by atoms with Crippen molar-refractivity contribution >= 4 is 5.97 Å². The Labute approximate surface area is 117 Å². The summed E-state index contributed by atoms with van der Waals surface area (Å²) in [6.45, 7) is 7.12. The average Bonchev–Trinajstić information content (AvgIpc) is 2.38. The highest BCUT2D eigenvalue weighted by Crippen LogP contribution is 2.20. The van der Waals surface area contributed by atoms with Gasteiger partial charge in [-0.15, -0.1) is 0 Å². The van der Waals surface area contributed by atoms with Crippen molar-refractivity contribution in [3.8, 4) is 5.75 Å². The molecule has 2 N–H and O–H groups in total. The van der Waals surface area contributed by atoms with E-state index in [2.05, 4.69) is 19.6 Å². The zero-order valence-corrected chi connectivity index (χ0v) is 11.1. The van der Waals surface area contributed by atoms with E-state index < -0.39 is 5.97 Å². The number of carboxylic acids is 1. The molecule has 4 fully saturated rings. The molecule has 20 heavy (non-hydrogen) atoms. The first kappa shape index (κ1) is 13.3. The summed E-state index contributed by atoms with van der Waals surface area (Å²) in [5, 5.41) is 17.1. The summed E-state index contributed by atoms with van der Waals surface area (Å²) in [6, 6.07) is 5.36. The molecule has 4 bridgehead atoms. The Morgan fingerprint density at radius 3 is 1.45 bits per heavy atom. The molecule has 7 heteroatoms. The molecule has 0 atom stereocenters. The molecule has 0 saturated carbocycles. The van der Waals surface area contributed by atoms with Gasteiger partial charge >= 0.3 is 5.97 Å². The molecule has 0 unspecified atom stereocenters. The predicted molar refractivity (Wildman–Crippen MR) is 71.6 cm³/mol. The van der Waals surface area contributed by atoms with E-state index in [-0.39, 0.29) is 11.3 Å². The fourth-order valence-corrected chi connectivity index (χ4v) is 2.84. The third-order valence-electron chi connectivity index (χ3n) is 3.51. The van der Waals surface area contributed by atoms with E-state index in [0.29, 0.717) is 0 Å². The molecule has 0 aromatic heterocycles. The maximum atomic E-state index is 10.2. The van der Waals surface area contributed by atoms with E-state index in [4.69, 9.17) is 10.2 Å². The molecular formula is C13H18N4O3. The Hall–Kier alpha value is -1.67. The number of carboxylic acid groups (broad SMARTS) is 1. The zero-order chi connectivity index (χ0) is 14.1. The standard InChI is InChI=1S/C7H6O3.C6H12N4/c8-6-3-1-5(2-4-6)7(9)10;1-7-2-9-4-8(1)5-10(3-7)6-9/h1-4,8H,(H,9,10);1-6H2. The number of nitrogens with zero attached hydrogens (tertiary/aromatic N) is 4. The van der Waals surface area contributed by atoms with Gasteiger partial charge in [0.2, 0.25) is 0 Å². The molecule has 4 aliphatic rings. The zero-order valence-electron chi connectivity index (χ0n) is 11.1. The van der Waals surface area contributed by atoms with Crippen molar-refractivity contribution in [1.29, 1.82) is 0 Å². The summed E-state index contributed by atoms with van der Waals surface area (Å²) in [5.41, 5.74) is 0.179. The van der Waals surface area contributed by atoms with Gasteiger partial charge in [-0.25, -0.2) is 4.79 Å². The van der Waals surface area contributed by atoms with Gasteiger partial charge in [-0.3, -0.25) is 19.6 Å². The normalized spacial score (nSPS) is 33.4. The van der Waals surface area contributed by atoms with Crippen LogP contribution in [0.25, 0.3) is 0 Å². The summed E-state index contributed by atoms with van der Waals surface area (Å²) < 4.78 is 0. The van der Waals surface area contributed by atoms with Crippen LogP contribution in [-0.2, 0) is 0 Å². The van der Waals surface area contributed by atoms with Crippen LogP contribution in [0.2, 0.25) is 0 Å². The van der Waals surface area contributed by atoms with Crippen molar-refractivity contribution in [2.24, 2.45) is 0 Å². The monoisotopic (exact) mass is 278 g/mol. The first-order valence-electron chi connectivity index (χ1n) is 6.52. The molecule has 1 aromatic rings. The molecule has 0 radical (unpaired) electrons. The Morgan fingerprint density at radius 2 is 1.15 bits per heavy atom. The van der Waals surface area contributed by atoms with Crippen LogP contribution in [0.15, 0.2) is 24.3 Å². The van der Waals surface area contributed by atoms with Gasteiger partial charge in [0.15, 0.2) is 0 Å². The molecule has 0 amide bonds. The Morgan fingerprint density at radius 1 is 0.800 bits per heavy atom. The van der Waals surface area contributed by atoms with Gasteiger partial charge in [0.05, 0.1) is 45.6 Å². The lowest BCUT2D eigenvalue weighted by Gasteiger charge is -2.56. The number of carbonyl (C=O) groups is 1. The molecular weight excluding hydrogens is 260 g/mol. The van der Waals surface area contributed by atoms with Crippen molar-refractivity contribution < 1.29 is 15.0 Å². The first-order chi connectivity index (χ1) is 9.60. The quantitative estimate of drug-likeness (QED) is 0.753. The average molecular weight is 278 g/mol. The number of phenols is 1. The fourth-order valence-electron chi connectivity index (χ4n) is 2.84. The minimum atomic E-state index is -0.986. The molecule has 7 nitrogen and oxygen atoms in total. The molecule has 0 spiro atoms. The summed E-state index contributed by atoms with van der Waals surface area (Å²) in [7, 11) is 0. The molecule has 1 aromatic carbocycles. The second-order valence-electron chi connectivity index (χ2n) is 5.38. The first-order valence-corrected chi connectivity index (χ1v) is 6.52. The van der Waals surface area contributed by atoms with Crippen molar-refractivity contribution in [3.05, 3.63) is 29.8 Å². The van der Waals surface area contributed by atoms with Crippen LogP contribution in [0.1, 0.15) is 10.4 Å².